The third-order valence-corrected chi connectivity index (χ3v) is 5.22. The lowest BCUT2D eigenvalue weighted by molar-refractivity contribution is -0.00684. The van der Waals surface area contributed by atoms with Crippen molar-refractivity contribution >= 4 is 0 Å². The second-order valence-electron chi connectivity index (χ2n) is 6.49. The molecule has 1 saturated carbocycles. The van der Waals surface area contributed by atoms with Crippen molar-refractivity contribution in [3.8, 4) is 0 Å². The van der Waals surface area contributed by atoms with E-state index < -0.39 is 0 Å². The number of likely N-dealkylation sites (N-methyl/N-ethyl adjacent to an activating group) is 1. The molecule has 2 rings (SSSR count). The van der Waals surface area contributed by atoms with Gasteiger partial charge in [-0.05, 0) is 38.1 Å². The molecule has 0 aromatic heterocycles. The molecule has 0 radical (unpaired) electrons. The van der Waals surface area contributed by atoms with Crippen LogP contribution in [0.3, 0.4) is 0 Å². The summed E-state index contributed by atoms with van der Waals surface area (Å²) >= 11 is 0. The monoisotopic (exact) mass is 240 g/mol. The lowest BCUT2D eigenvalue weighted by atomic mass is 9.73. The van der Waals surface area contributed by atoms with Crippen LogP contribution in [0.1, 0.15) is 46.0 Å². The molecule has 0 aromatic rings. The lowest BCUT2D eigenvalue weighted by Gasteiger charge is -2.48. The Morgan fingerprint density at radius 1 is 1.29 bits per heavy atom. The van der Waals surface area contributed by atoms with E-state index in [2.05, 4.69) is 25.8 Å². The van der Waals surface area contributed by atoms with Crippen molar-refractivity contribution in [1.29, 1.82) is 0 Å². The smallest absolute Gasteiger partial charge is 0.0702 e. The molecule has 1 aliphatic carbocycles. The Morgan fingerprint density at radius 3 is 2.53 bits per heavy atom. The standard InChI is InChI=1S/C14H28N2O/c1-13(2)7-5-8-14(13,11-15)16(3)10-12-6-4-9-17-12/h12H,4-11,15H2,1-3H3. The fraction of sp³-hybridized carbons (Fsp3) is 1.00. The molecule has 2 unspecified atom stereocenters. The van der Waals surface area contributed by atoms with Gasteiger partial charge >= 0.3 is 0 Å². The van der Waals surface area contributed by atoms with Crippen LogP contribution in [0.5, 0.6) is 0 Å². The molecule has 0 aromatic carbocycles. The minimum absolute atomic E-state index is 0.180. The van der Waals surface area contributed by atoms with Gasteiger partial charge in [0.15, 0.2) is 0 Å². The summed E-state index contributed by atoms with van der Waals surface area (Å²) in [5, 5.41) is 0. The summed E-state index contributed by atoms with van der Waals surface area (Å²) in [4.78, 5) is 2.50. The molecule has 2 aliphatic rings. The number of hydrogen-bond donors (Lipinski definition) is 1. The van der Waals surface area contributed by atoms with Crippen molar-refractivity contribution in [2.45, 2.75) is 57.6 Å². The van der Waals surface area contributed by atoms with E-state index in [1.165, 1.54) is 32.1 Å². The molecule has 0 bridgehead atoms. The predicted molar refractivity (Wildman–Crippen MR) is 71.0 cm³/mol. The maximum Gasteiger partial charge on any atom is 0.0702 e. The van der Waals surface area contributed by atoms with Gasteiger partial charge in [-0.25, -0.2) is 0 Å². The third-order valence-electron chi connectivity index (χ3n) is 5.22. The minimum atomic E-state index is 0.180. The Kier molecular flexibility index (Phi) is 3.81. The summed E-state index contributed by atoms with van der Waals surface area (Å²) < 4.78 is 5.76. The zero-order valence-electron chi connectivity index (χ0n) is 11.7. The summed E-state index contributed by atoms with van der Waals surface area (Å²) in [6.45, 7) is 7.50. The Morgan fingerprint density at radius 2 is 2.06 bits per heavy atom. The Labute approximate surface area is 106 Å². The maximum absolute atomic E-state index is 6.14. The van der Waals surface area contributed by atoms with E-state index in [-0.39, 0.29) is 5.54 Å². The molecule has 2 atom stereocenters. The average molecular weight is 240 g/mol. The van der Waals surface area contributed by atoms with E-state index in [9.17, 15) is 0 Å². The van der Waals surface area contributed by atoms with Crippen LogP contribution >= 0.6 is 0 Å². The largest absolute Gasteiger partial charge is 0.377 e. The fourth-order valence-electron chi connectivity index (χ4n) is 3.90. The number of ether oxygens (including phenoxy) is 1. The van der Waals surface area contributed by atoms with Crippen molar-refractivity contribution in [2.24, 2.45) is 11.1 Å². The number of rotatable bonds is 4. The summed E-state index contributed by atoms with van der Waals surface area (Å²) in [6, 6.07) is 0. The van der Waals surface area contributed by atoms with Gasteiger partial charge in [-0.15, -0.1) is 0 Å². The highest BCUT2D eigenvalue weighted by Crippen LogP contribution is 2.48. The van der Waals surface area contributed by atoms with Crippen molar-refractivity contribution in [2.75, 3.05) is 26.7 Å². The summed E-state index contributed by atoms with van der Waals surface area (Å²) in [7, 11) is 2.24. The third kappa shape index (κ3) is 2.25. The highest BCUT2D eigenvalue weighted by molar-refractivity contribution is 5.06. The normalized spacial score (nSPS) is 36.9. The van der Waals surface area contributed by atoms with Crippen LogP contribution in [-0.4, -0.2) is 43.3 Å². The van der Waals surface area contributed by atoms with Crippen LogP contribution in [-0.2, 0) is 4.74 Å². The first-order valence-corrected chi connectivity index (χ1v) is 7.05. The highest BCUT2D eigenvalue weighted by Gasteiger charge is 2.50. The fourth-order valence-corrected chi connectivity index (χ4v) is 3.90. The first-order valence-electron chi connectivity index (χ1n) is 7.05. The molecular weight excluding hydrogens is 212 g/mol. The minimum Gasteiger partial charge on any atom is -0.377 e. The van der Waals surface area contributed by atoms with E-state index in [4.69, 9.17) is 10.5 Å². The molecule has 1 aliphatic heterocycles. The SMILES string of the molecule is CN(CC1CCCO1)C1(CN)CCCC1(C)C. The molecule has 2 fully saturated rings. The van der Waals surface area contributed by atoms with Gasteiger partial charge in [0.2, 0.25) is 0 Å². The quantitative estimate of drug-likeness (QED) is 0.817. The van der Waals surface area contributed by atoms with Gasteiger partial charge in [-0.3, -0.25) is 4.90 Å². The van der Waals surface area contributed by atoms with Crippen LogP contribution in [0.4, 0.5) is 0 Å². The second-order valence-corrected chi connectivity index (χ2v) is 6.49. The van der Waals surface area contributed by atoms with Gasteiger partial charge in [-0.2, -0.15) is 0 Å². The van der Waals surface area contributed by atoms with Gasteiger partial charge < -0.3 is 10.5 Å². The van der Waals surface area contributed by atoms with Crippen molar-refractivity contribution in [3.63, 3.8) is 0 Å². The molecule has 0 amide bonds. The van der Waals surface area contributed by atoms with E-state index in [1.54, 1.807) is 0 Å². The van der Waals surface area contributed by atoms with Gasteiger partial charge in [0, 0.05) is 25.2 Å². The van der Waals surface area contributed by atoms with E-state index in [0.29, 0.717) is 11.5 Å². The predicted octanol–water partition coefficient (Wildman–Crippen LogP) is 2.00. The topological polar surface area (TPSA) is 38.5 Å². The Bertz CT molecular complexity index is 261. The van der Waals surface area contributed by atoms with Crippen LogP contribution in [0.25, 0.3) is 0 Å². The highest BCUT2D eigenvalue weighted by atomic mass is 16.5. The number of nitrogens with zero attached hydrogens (tertiary/aromatic N) is 1. The van der Waals surface area contributed by atoms with Crippen LogP contribution in [0, 0.1) is 5.41 Å². The van der Waals surface area contributed by atoms with Crippen molar-refractivity contribution in [1.82, 2.24) is 4.90 Å². The molecule has 17 heavy (non-hydrogen) atoms. The first-order chi connectivity index (χ1) is 8.02. The number of nitrogens with two attached hydrogens (primary N) is 1. The molecule has 3 heteroatoms. The molecule has 3 nitrogen and oxygen atoms in total. The molecular formula is C14H28N2O. The van der Waals surface area contributed by atoms with E-state index >= 15 is 0 Å². The van der Waals surface area contributed by atoms with Gasteiger partial charge in [0.1, 0.15) is 0 Å². The van der Waals surface area contributed by atoms with E-state index in [1.807, 2.05) is 0 Å². The average Bonchev–Trinajstić information content (AvgIpc) is 2.85. The lowest BCUT2D eigenvalue weighted by Crippen LogP contribution is -2.59. The maximum atomic E-state index is 6.14. The first kappa shape index (κ1) is 13.3. The Balaban J connectivity index is 2.06. The summed E-state index contributed by atoms with van der Waals surface area (Å²) in [5.74, 6) is 0. The molecule has 2 N–H and O–H groups in total. The van der Waals surface area contributed by atoms with Crippen LogP contribution in [0.2, 0.25) is 0 Å². The summed E-state index contributed by atoms with van der Waals surface area (Å²) in [5.41, 5.74) is 6.65. The second kappa shape index (κ2) is 4.87. The van der Waals surface area contributed by atoms with Gasteiger partial charge in [-0.1, -0.05) is 20.3 Å². The molecule has 100 valence electrons. The molecule has 1 saturated heterocycles. The van der Waals surface area contributed by atoms with Crippen LogP contribution < -0.4 is 5.73 Å². The zero-order chi connectivity index (χ0) is 12.5. The van der Waals surface area contributed by atoms with Gasteiger partial charge in [0.05, 0.1) is 6.10 Å². The van der Waals surface area contributed by atoms with Gasteiger partial charge in [0.25, 0.3) is 0 Å². The van der Waals surface area contributed by atoms with Crippen LogP contribution in [0.15, 0.2) is 0 Å². The molecule has 0 spiro atoms. The molecule has 1 heterocycles. The van der Waals surface area contributed by atoms with Crippen molar-refractivity contribution < 1.29 is 4.74 Å². The summed E-state index contributed by atoms with van der Waals surface area (Å²) in [6.07, 6.45) is 6.70. The van der Waals surface area contributed by atoms with E-state index in [0.717, 1.165) is 19.7 Å². The Hall–Kier alpha value is -0.120. The zero-order valence-corrected chi connectivity index (χ0v) is 11.7. The number of hydrogen-bond acceptors (Lipinski definition) is 3. The van der Waals surface area contributed by atoms with Crippen molar-refractivity contribution in [3.05, 3.63) is 0 Å².